The Bertz CT molecular complexity index is 541. The zero-order valence-electron chi connectivity index (χ0n) is 15.4. The molecule has 2 N–H and O–H groups in total. The van der Waals surface area contributed by atoms with Crippen LogP contribution in [0.2, 0.25) is 0 Å². The standard InChI is InChI=1S/C19H31N3O2/c1-5-20-19(22-9-7-17(8-10-22)24-6-2)21-13-16-11-14(3)18(23)15(4)12-16/h11-12,17,23H,5-10,13H2,1-4H3,(H,20,21). The molecule has 24 heavy (non-hydrogen) atoms. The molecule has 0 unspecified atom stereocenters. The molecular formula is C19H31N3O2. The lowest BCUT2D eigenvalue weighted by Gasteiger charge is -2.34. The van der Waals surface area contributed by atoms with E-state index in [4.69, 9.17) is 9.73 Å². The van der Waals surface area contributed by atoms with Crippen LogP contribution in [0.4, 0.5) is 0 Å². The van der Waals surface area contributed by atoms with Crippen molar-refractivity contribution in [3.05, 3.63) is 28.8 Å². The minimum atomic E-state index is 0.382. The van der Waals surface area contributed by atoms with E-state index in [1.54, 1.807) is 0 Å². The van der Waals surface area contributed by atoms with E-state index in [-0.39, 0.29) is 0 Å². The maximum Gasteiger partial charge on any atom is 0.194 e. The van der Waals surface area contributed by atoms with Crippen LogP contribution in [0, 0.1) is 13.8 Å². The number of aromatic hydroxyl groups is 1. The van der Waals surface area contributed by atoms with Crippen LogP contribution in [0.3, 0.4) is 0 Å². The van der Waals surface area contributed by atoms with Gasteiger partial charge in [0.15, 0.2) is 5.96 Å². The van der Waals surface area contributed by atoms with Crippen LogP contribution < -0.4 is 5.32 Å². The van der Waals surface area contributed by atoms with Crippen molar-refractivity contribution in [2.24, 2.45) is 4.99 Å². The predicted molar refractivity (Wildman–Crippen MR) is 98.6 cm³/mol. The highest BCUT2D eigenvalue weighted by Crippen LogP contribution is 2.23. The topological polar surface area (TPSA) is 57.1 Å². The van der Waals surface area contributed by atoms with Gasteiger partial charge in [0.25, 0.3) is 0 Å². The number of hydrogen-bond acceptors (Lipinski definition) is 3. The number of aryl methyl sites for hydroxylation is 2. The number of nitrogens with one attached hydrogen (secondary N) is 1. The Morgan fingerprint density at radius 2 is 1.88 bits per heavy atom. The molecule has 1 saturated heterocycles. The summed E-state index contributed by atoms with van der Waals surface area (Å²) in [5, 5.41) is 13.3. The van der Waals surface area contributed by atoms with Gasteiger partial charge in [0.1, 0.15) is 5.75 Å². The molecule has 5 nitrogen and oxygen atoms in total. The average Bonchev–Trinajstić information content (AvgIpc) is 2.57. The lowest BCUT2D eigenvalue weighted by molar-refractivity contribution is 0.0263. The van der Waals surface area contributed by atoms with Crippen molar-refractivity contribution >= 4 is 5.96 Å². The third kappa shape index (κ3) is 4.87. The molecule has 1 aliphatic heterocycles. The van der Waals surface area contributed by atoms with Crippen molar-refractivity contribution in [3.8, 4) is 5.75 Å². The minimum Gasteiger partial charge on any atom is -0.507 e. The van der Waals surface area contributed by atoms with Crippen molar-refractivity contribution in [3.63, 3.8) is 0 Å². The van der Waals surface area contributed by atoms with Gasteiger partial charge in [-0.3, -0.25) is 0 Å². The van der Waals surface area contributed by atoms with E-state index in [2.05, 4.69) is 24.1 Å². The second-order valence-electron chi connectivity index (χ2n) is 6.39. The highest BCUT2D eigenvalue weighted by molar-refractivity contribution is 5.80. The highest BCUT2D eigenvalue weighted by atomic mass is 16.5. The van der Waals surface area contributed by atoms with Gasteiger partial charge >= 0.3 is 0 Å². The number of benzene rings is 1. The Balaban J connectivity index is 2.03. The van der Waals surface area contributed by atoms with E-state index in [0.29, 0.717) is 18.4 Å². The Morgan fingerprint density at radius 3 is 2.42 bits per heavy atom. The van der Waals surface area contributed by atoms with Gasteiger partial charge in [0.2, 0.25) is 0 Å². The summed E-state index contributed by atoms with van der Waals surface area (Å²) in [6, 6.07) is 4.02. The summed E-state index contributed by atoms with van der Waals surface area (Å²) in [5.41, 5.74) is 2.94. The van der Waals surface area contributed by atoms with Crippen molar-refractivity contribution in [2.45, 2.75) is 53.2 Å². The number of phenolic OH excluding ortho intramolecular Hbond substituents is 1. The zero-order chi connectivity index (χ0) is 17.5. The molecule has 0 radical (unpaired) electrons. The third-order valence-electron chi connectivity index (χ3n) is 4.44. The largest absolute Gasteiger partial charge is 0.507 e. The number of rotatable bonds is 5. The van der Waals surface area contributed by atoms with Gasteiger partial charge in [0, 0.05) is 26.2 Å². The van der Waals surface area contributed by atoms with Crippen LogP contribution in [0.25, 0.3) is 0 Å². The van der Waals surface area contributed by atoms with Crippen molar-refractivity contribution in [2.75, 3.05) is 26.2 Å². The Hall–Kier alpha value is -1.75. The van der Waals surface area contributed by atoms with Gasteiger partial charge in [-0.05, 0) is 57.2 Å². The van der Waals surface area contributed by atoms with Gasteiger partial charge in [-0.1, -0.05) is 12.1 Å². The fourth-order valence-corrected chi connectivity index (χ4v) is 3.20. The van der Waals surface area contributed by atoms with Gasteiger partial charge < -0.3 is 20.1 Å². The molecule has 5 heteroatoms. The summed E-state index contributed by atoms with van der Waals surface area (Å²) in [5.74, 6) is 1.35. The quantitative estimate of drug-likeness (QED) is 0.642. The fourth-order valence-electron chi connectivity index (χ4n) is 3.20. The number of piperidine rings is 1. The molecule has 0 bridgehead atoms. The van der Waals surface area contributed by atoms with Gasteiger partial charge in [-0.25, -0.2) is 4.99 Å². The number of ether oxygens (including phenoxy) is 1. The second-order valence-corrected chi connectivity index (χ2v) is 6.39. The highest BCUT2D eigenvalue weighted by Gasteiger charge is 2.21. The van der Waals surface area contributed by atoms with E-state index < -0.39 is 0 Å². The minimum absolute atomic E-state index is 0.382. The number of nitrogens with zero attached hydrogens (tertiary/aromatic N) is 2. The fraction of sp³-hybridized carbons (Fsp3) is 0.632. The van der Waals surface area contributed by atoms with Crippen LogP contribution in [-0.4, -0.2) is 48.3 Å². The summed E-state index contributed by atoms with van der Waals surface area (Å²) in [6.45, 7) is 12.2. The predicted octanol–water partition coefficient (Wildman–Crippen LogP) is 2.98. The summed E-state index contributed by atoms with van der Waals surface area (Å²) >= 11 is 0. The number of aliphatic imine (C=N–C) groups is 1. The molecule has 1 aromatic rings. The number of hydrogen-bond donors (Lipinski definition) is 2. The molecule has 0 saturated carbocycles. The van der Waals surface area contributed by atoms with Gasteiger partial charge in [-0.15, -0.1) is 0 Å². The number of guanidine groups is 1. The van der Waals surface area contributed by atoms with E-state index in [1.165, 1.54) is 0 Å². The molecule has 0 aliphatic carbocycles. The lowest BCUT2D eigenvalue weighted by atomic mass is 10.1. The summed E-state index contributed by atoms with van der Waals surface area (Å²) in [7, 11) is 0. The SMILES string of the molecule is CCNC(=NCc1cc(C)c(O)c(C)c1)N1CCC(OCC)CC1. The van der Waals surface area contributed by atoms with E-state index in [9.17, 15) is 5.11 Å². The molecule has 0 atom stereocenters. The van der Waals surface area contributed by atoms with Crippen LogP contribution >= 0.6 is 0 Å². The monoisotopic (exact) mass is 333 g/mol. The van der Waals surface area contributed by atoms with Crippen molar-refractivity contribution < 1.29 is 9.84 Å². The van der Waals surface area contributed by atoms with E-state index >= 15 is 0 Å². The molecule has 0 amide bonds. The average molecular weight is 333 g/mol. The Labute approximate surface area is 145 Å². The van der Waals surface area contributed by atoms with Crippen molar-refractivity contribution in [1.29, 1.82) is 0 Å². The molecule has 1 heterocycles. The normalized spacial score (nSPS) is 16.5. The maximum absolute atomic E-state index is 9.90. The zero-order valence-corrected chi connectivity index (χ0v) is 15.4. The molecular weight excluding hydrogens is 302 g/mol. The maximum atomic E-state index is 9.90. The van der Waals surface area contributed by atoms with E-state index in [0.717, 1.165) is 61.7 Å². The molecule has 0 spiro atoms. The molecule has 1 aromatic carbocycles. The van der Waals surface area contributed by atoms with Gasteiger partial charge in [-0.2, -0.15) is 0 Å². The first-order valence-electron chi connectivity index (χ1n) is 8.99. The van der Waals surface area contributed by atoms with Crippen molar-refractivity contribution in [1.82, 2.24) is 10.2 Å². The molecule has 2 rings (SSSR count). The van der Waals surface area contributed by atoms with Crippen LogP contribution in [0.1, 0.15) is 43.4 Å². The summed E-state index contributed by atoms with van der Waals surface area (Å²) in [6.07, 6.45) is 2.49. The van der Waals surface area contributed by atoms with Crippen LogP contribution in [-0.2, 0) is 11.3 Å². The second kappa shape index (κ2) is 8.92. The Kier molecular flexibility index (Phi) is 6.91. The first-order valence-corrected chi connectivity index (χ1v) is 8.99. The third-order valence-corrected chi connectivity index (χ3v) is 4.44. The smallest absolute Gasteiger partial charge is 0.194 e. The van der Waals surface area contributed by atoms with Gasteiger partial charge in [0.05, 0.1) is 12.6 Å². The first kappa shape index (κ1) is 18.6. The summed E-state index contributed by atoms with van der Waals surface area (Å²) in [4.78, 5) is 7.12. The molecule has 1 aliphatic rings. The molecule has 134 valence electrons. The first-order chi connectivity index (χ1) is 11.5. The number of likely N-dealkylation sites (tertiary alicyclic amines) is 1. The lowest BCUT2D eigenvalue weighted by Crippen LogP contribution is -2.47. The summed E-state index contributed by atoms with van der Waals surface area (Å²) < 4.78 is 5.73. The van der Waals surface area contributed by atoms with E-state index in [1.807, 2.05) is 26.0 Å². The molecule has 0 aromatic heterocycles. The van der Waals surface area contributed by atoms with Crippen LogP contribution in [0.15, 0.2) is 17.1 Å². The Morgan fingerprint density at radius 1 is 1.25 bits per heavy atom. The van der Waals surface area contributed by atoms with Crippen LogP contribution in [0.5, 0.6) is 5.75 Å². The number of phenols is 1. The molecule has 1 fully saturated rings.